The fourth-order valence-corrected chi connectivity index (χ4v) is 4.85. The molecular formula is C20H24FIN4O4. The molecule has 0 unspecified atom stereocenters. The zero-order valence-corrected chi connectivity index (χ0v) is 18.9. The highest BCUT2D eigenvalue weighted by Gasteiger charge is 2.46. The van der Waals surface area contributed by atoms with Gasteiger partial charge in [0.2, 0.25) is 0 Å². The van der Waals surface area contributed by atoms with Crippen LogP contribution in [-0.4, -0.2) is 42.3 Å². The molecule has 10 heteroatoms. The number of carbonyl (C=O) groups excluding carboxylic acids is 3. The SMILES string of the molecule is CNC(=O)C(=O)N[C@@H](C)CC1CCC2(CC1)OC(=O)NN=C2c1ccc(F)cc1I. The van der Waals surface area contributed by atoms with Crippen LogP contribution in [0.4, 0.5) is 9.18 Å². The minimum atomic E-state index is -0.856. The van der Waals surface area contributed by atoms with Crippen molar-refractivity contribution in [1.82, 2.24) is 16.1 Å². The van der Waals surface area contributed by atoms with Gasteiger partial charge in [-0.15, -0.1) is 0 Å². The van der Waals surface area contributed by atoms with E-state index in [4.69, 9.17) is 4.74 Å². The van der Waals surface area contributed by atoms with E-state index in [-0.39, 0.29) is 11.9 Å². The summed E-state index contributed by atoms with van der Waals surface area (Å²) in [6.07, 6.45) is 2.81. The number of halogens is 2. The Hall–Kier alpha value is -2.24. The number of likely N-dealkylation sites (N-methyl/N-ethyl adjacent to an activating group) is 1. The summed E-state index contributed by atoms with van der Waals surface area (Å²) in [5.74, 6) is -1.35. The van der Waals surface area contributed by atoms with Crippen molar-refractivity contribution < 1.29 is 23.5 Å². The molecule has 1 fully saturated rings. The van der Waals surface area contributed by atoms with Crippen LogP contribution in [0.1, 0.15) is 44.6 Å². The van der Waals surface area contributed by atoms with Crippen LogP contribution in [0, 0.1) is 15.3 Å². The van der Waals surface area contributed by atoms with Crippen LogP contribution < -0.4 is 16.1 Å². The summed E-state index contributed by atoms with van der Waals surface area (Å²) in [4.78, 5) is 35.0. The summed E-state index contributed by atoms with van der Waals surface area (Å²) in [6, 6.07) is 4.29. The molecule has 1 spiro atoms. The third-order valence-corrected chi connectivity index (χ3v) is 6.47. The third-order valence-electron chi connectivity index (χ3n) is 5.58. The van der Waals surface area contributed by atoms with Gasteiger partial charge in [-0.25, -0.2) is 14.6 Å². The number of carbonyl (C=O) groups is 3. The van der Waals surface area contributed by atoms with Crippen molar-refractivity contribution in [3.05, 3.63) is 33.1 Å². The predicted octanol–water partition coefficient (Wildman–Crippen LogP) is 2.44. The maximum atomic E-state index is 13.5. The van der Waals surface area contributed by atoms with Gasteiger partial charge in [-0.2, -0.15) is 5.10 Å². The Morgan fingerprint density at radius 2 is 2.07 bits per heavy atom. The summed E-state index contributed by atoms with van der Waals surface area (Å²) in [5.41, 5.74) is 2.85. The average Bonchev–Trinajstić information content (AvgIpc) is 2.70. The largest absolute Gasteiger partial charge is 0.435 e. The van der Waals surface area contributed by atoms with Crippen LogP contribution in [-0.2, 0) is 14.3 Å². The van der Waals surface area contributed by atoms with Crippen molar-refractivity contribution >= 4 is 46.2 Å². The highest BCUT2D eigenvalue weighted by molar-refractivity contribution is 14.1. The standard InChI is InChI=1S/C20H24FIN4O4/c1-11(24-18(28)17(27)23-2)9-12-5-7-20(8-6-12)16(25-26-19(29)30-20)14-4-3-13(21)10-15(14)22/h3-4,10-12H,5-9H2,1-2H3,(H,23,27)(H,24,28)(H,26,29)/t11-,12?,20?/m0/s1. The van der Waals surface area contributed by atoms with E-state index < -0.39 is 23.5 Å². The third kappa shape index (κ3) is 4.90. The predicted molar refractivity (Wildman–Crippen MR) is 116 cm³/mol. The van der Waals surface area contributed by atoms with Crippen molar-refractivity contribution in [2.75, 3.05) is 7.05 Å². The lowest BCUT2D eigenvalue weighted by molar-refractivity contribution is -0.139. The van der Waals surface area contributed by atoms with E-state index in [1.165, 1.54) is 19.2 Å². The molecule has 3 amide bonds. The smallest absolute Gasteiger partial charge is 0.428 e. The number of benzene rings is 1. The normalized spacial score (nSPS) is 24.3. The number of nitrogens with zero attached hydrogens (tertiary/aromatic N) is 1. The minimum absolute atomic E-state index is 0.157. The van der Waals surface area contributed by atoms with Crippen LogP contribution in [0.2, 0.25) is 0 Å². The van der Waals surface area contributed by atoms with Crippen molar-refractivity contribution in [2.45, 2.75) is 50.7 Å². The summed E-state index contributed by atoms with van der Waals surface area (Å²) in [6.45, 7) is 1.86. The van der Waals surface area contributed by atoms with Crippen LogP contribution in [0.3, 0.4) is 0 Å². The number of nitrogens with one attached hydrogen (secondary N) is 3. The summed E-state index contributed by atoms with van der Waals surface area (Å²) >= 11 is 2.05. The van der Waals surface area contributed by atoms with E-state index in [9.17, 15) is 18.8 Å². The minimum Gasteiger partial charge on any atom is -0.435 e. The zero-order chi connectivity index (χ0) is 21.9. The number of hydrazone groups is 1. The van der Waals surface area contributed by atoms with Gasteiger partial charge in [0.15, 0.2) is 5.60 Å². The van der Waals surface area contributed by atoms with Crippen molar-refractivity contribution in [2.24, 2.45) is 11.0 Å². The quantitative estimate of drug-likeness (QED) is 0.411. The van der Waals surface area contributed by atoms with E-state index in [2.05, 4.69) is 43.8 Å². The van der Waals surface area contributed by atoms with Gasteiger partial charge in [0.1, 0.15) is 11.5 Å². The summed E-state index contributed by atoms with van der Waals surface area (Å²) in [5, 5.41) is 9.27. The van der Waals surface area contributed by atoms with Gasteiger partial charge in [-0.05, 0) is 85.7 Å². The van der Waals surface area contributed by atoms with Crippen LogP contribution >= 0.6 is 22.6 Å². The first-order chi connectivity index (χ1) is 14.2. The molecule has 0 radical (unpaired) electrons. The molecule has 0 aromatic heterocycles. The van der Waals surface area contributed by atoms with Gasteiger partial charge in [-0.1, -0.05) is 0 Å². The molecule has 1 aromatic carbocycles. The van der Waals surface area contributed by atoms with Crippen LogP contribution in [0.25, 0.3) is 0 Å². The molecule has 162 valence electrons. The lowest BCUT2D eigenvalue weighted by atomic mass is 9.73. The number of rotatable bonds is 4. The monoisotopic (exact) mass is 530 g/mol. The second kappa shape index (κ2) is 9.27. The Bertz CT molecular complexity index is 884. The molecule has 1 aliphatic heterocycles. The Balaban J connectivity index is 1.69. The number of amides is 3. The Labute approximate surface area is 187 Å². The van der Waals surface area contributed by atoms with E-state index in [0.717, 1.165) is 18.4 Å². The Morgan fingerprint density at radius 1 is 1.37 bits per heavy atom. The highest BCUT2D eigenvalue weighted by atomic mass is 127. The molecule has 0 saturated heterocycles. The Morgan fingerprint density at radius 3 is 2.70 bits per heavy atom. The number of hydrogen-bond donors (Lipinski definition) is 3. The summed E-state index contributed by atoms with van der Waals surface area (Å²) < 4.78 is 20.0. The molecular weight excluding hydrogens is 506 g/mol. The zero-order valence-electron chi connectivity index (χ0n) is 16.8. The van der Waals surface area contributed by atoms with E-state index in [0.29, 0.717) is 34.5 Å². The van der Waals surface area contributed by atoms with Gasteiger partial charge in [0.25, 0.3) is 0 Å². The number of hydrogen-bond acceptors (Lipinski definition) is 5. The molecule has 1 aromatic rings. The second-order valence-electron chi connectivity index (χ2n) is 7.71. The van der Waals surface area contributed by atoms with Gasteiger partial charge in [-0.3, -0.25) is 9.59 Å². The Kier molecular flexibility index (Phi) is 6.94. The average molecular weight is 530 g/mol. The second-order valence-corrected chi connectivity index (χ2v) is 8.88. The molecule has 1 atom stereocenters. The maximum Gasteiger partial charge on any atom is 0.428 e. The first-order valence-corrected chi connectivity index (χ1v) is 10.9. The molecule has 1 aliphatic carbocycles. The lowest BCUT2D eigenvalue weighted by Gasteiger charge is -2.42. The van der Waals surface area contributed by atoms with Crippen molar-refractivity contribution in [1.29, 1.82) is 0 Å². The van der Waals surface area contributed by atoms with Crippen molar-refractivity contribution in [3.63, 3.8) is 0 Å². The molecule has 8 nitrogen and oxygen atoms in total. The van der Waals surface area contributed by atoms with Crippen LogP contribution in [0.15, 0.2) is 23.3 Å². The van der Waals surface area contributed by atoms with Gasteiger partial charge < -0.3 is 15.4 Å². The molecule has 3 N–H and O–H groups in total. The van der Waals surface area contributed by atoms with Crippen LogP contribution in [0.5, 0.6) is 0 Å². The fraction of sp³-hybridized carbons (Fsp3) is 0.500. The topological polar surface area (TPSA) is 109 Å². The van der Waals surface area contributed by atoms with E-state index in [1.807, 2.05) is 6.92 Å². The number of ether oxygens (including phenoxy) is 1. The first kappa shape index (κ1) is 22.4. The molecule has 0 bridgehead atoms. The molecule has 30 heavy (non-hydrogen) atoms. The molecule has 2 aliphatic rings. The van der Waals surface area contributed by atoms with E-state index >= 15 is 0 Å². The first-order valence-electron chi connectivity index (χ1n) is 9.79. The van der Waals surface area contributed by atoms with Gasteiger partial charge in [0, 0.05) is 22.2 Å². The molecule has 3 rings (SSSR count). The van der Waals surface area contributed by atoms with E-state index in [1.54, 1.807) is 6.07 Å². The van der Waals surface area contributed by atoms with Crippen molar-refractivity contribution in [3.8, 4) is 0 Å². The van der Waals surface area contributed by atoms with Gasteiger partial charge in [0.05, 0.1) is 0 Å². The highest BCUT2D eigenvalue weighted by Crippen LogP contribution is 2.41. The molecule has 1 saturated carbocycles. The van der Waals surface area contributed by atoms with Gasteiger partial charge >= 0.3 is 17.9 Å². The lowest BCUT2D eigenvalue weighted by Crippen LogP contribution is -2.52. The summed E-state index contributed by atoms with van der Waals surface area (Å²) in [7, 11) is 1.41. The molecule has 1 heterocycles. The maximum absolute atomic E-state index is 13.5. The fourth-order valence-electron chi connectivity index (χ4n) is 4.12.